The summed E-state index contributed by atoms with van der Waals surface area (Å²) in [7, 11) is 0. The van der Waals surface area contributed by atoms with E-state index in [0.29, 0.717) is 0 Å². The fraction of sp³-hybridized carbons (Fsp3) is 0. The Balaban J connectivity index is -0.000000113. The number of aromatic carboxylic acids is 2. The third-order valence-corrected chi connectivity index (χ3v) is 2.63. The van der Waals surface area contributed by atoms with Crippen molar-refractivity contribution in [1.82, 2.24) is 24.6 Å². The van der Waals surface area contributed by atoms with Crippen LogP contribution in [-0.2, 0) is 17.1 Å². The van der Waals surface area contributed by atoms with Crippen molar-refractivity contribution < 1.29 is 46.7 Å². The van der Waals surface area contributed by atoms with Gasteiger partial charge in [-0.3, -0.25) is 20.2 Å². The van der Waals surface area contributed by atoms with Crippen LogP contribution in [0.1, 0.15) is 20.7 Å². The molecule has 0 atom stereocenters. The van der Waals surface area contributed by atoms with E-state index in [-0.39, 0.29) is 64.2 Å². The molecule has 0 unspecified atom stereocenters. The summed E-state index contributed by atoms with van der Waals surface area (Å²) >= 11 is 0. The van der Waals surface area contributed by atoms with E-state index < -0.39 is 21.8 Å². The van der Waals surface area contributed by atoms with Crippen LogP contribution in [-0.4, -0.2) is 21.8 Å². The molecule has 14 nitrogen and oxygen atoms in total. The van der Waals surface area contributed by atoms with Crippen molar-refractivity contribution >= 4 is 23.3 Å². The van der Waals surface area contributed by atoms with Gasteiger partial charge in [-0.2, -0.15) is 0 Å². The molecule has 0 amide bonds. The molecule has 0 spiro atoms. The number of carbonyl (C=O) groups excluding carboxylic acids is 2. The Bertz CT molecular complexity index is 652. The number of non-ortho nitro benzene ring substituents is 2. The largest absolute Gasteiger partial charge is 2.00 e. The van der Waals surface area contributed by atoms with Gasteiger partial charge < -0.3 is 44.4 Å². The van der Waals surface area contributed by atoms with Crippen LogP contribution in [0, 0.1) is 20.2 Å². The average Bonchev–Trinajstić information content (AvgIpc) is 2.55. The second-order valence-electron chi connectivity index (χ2n) is 4.18. The molecule has 0 aromatic heterocycles. The van der Waals surface area contributed by atoms with Crippen LogP contribution in [0.5, 0.6) is 0 Å². The summed E-state index contributed by atoms with van der Waals surface area (Å²) in [6, 6.07) is 8.99. The molecule has 0 aliphatic heterocycles. The number of hydrogen-bond acceptors (Lipinski definition) is 12. The quantitative estimate of drug-likeness (QED) is 0.274. The number of benzene rings is 2. The van der Waals surface area contributed by atoms with Crippen molar-refractivity contribution in [3.63, 3.8) is 0 Å². The molecule has 0 heterocycles. The first-order valence-electron chi connectivity index (χ1n) is 6.14. The van der Waals surface area contributed by atoms with Crippen LogP contribution in [0.2, 0.25) is 0 Å². The van der Waals surface area contributed by atoms with Crippen molar-refractivity contribution in [2.24, 2.45) is 0 Å². The fourth-order valence-corrected chi connectivity index (χ4v) is 1.44. The van der Waals surface area contributed by atoms with E-state index in [1.165, 1.54) is 0 Å². The molecular formula is C14H20CuN6O8. The van der Waals surface area contributed by atoms with Crippen LogP contribution >= 0.6 is 0 Å². The third-order valence-electron chi connectivity index (χ3n) is 2.63. The smallest absolute Gasteiger partial charge is 0.545 e. The maximum Gasteiger partial charge on any atom is 2.00 e. The first-order valence-corrected chi connectivity index (χ1v) is 6.14. The summed E-state index contributed by atoms with van der Waals surface area (Å²) in [6.07, 6.45) is 0. The van der Waals surface area contributed by atoms with Gasteiger partial charge in [0.1, 0.15) is 0 Å². The predicted octanol–water partition coefficient (Wildman–Crippen LogP) is 0.562. The SMILES string of the molecule is N.N.N.N.O=C([O-])c1ccc([N+](=O)[O-])cc1.O=C([O-])c1ccc([N+](=O)[O-])cc1.[Cu+2]. The summed E-state index contributed by atoms with van der Waals surface area (Å²) in [6.45, 7) is 0. The number of rotatable bonds is 4. The minimum atomic E-state index is -1.34. The Hall–Kier alpha value is -3.46. The zero-order chi connectivity index (χ0) is 18.3. The van der Waals surface area contributed by atoms with Gasteiger partial charge in [0, 0.05) is 24.3 Å². The first kappa shape index (κ1) is 36.5. The molecular weight excluding hydrogens is 444 g/mol. The molecule has 2 aromatic carbocycles. The van der Waals surface area contributed by atoms with E-state index in [1.807, 2.05) is 0 Å². The minimum absolute atomic E-state index is 0. The zero-order valence-corrected chi connectivity index (χ0v) is 15.9. The Morgan fingerprint density at radius 3 is 0.931 bits per heavy atom. The molecule has 29 heavy (non-hydrogen) atoms. The number of carboxylic acids is 2. The molecule has 0 fully saturated rings. The van der Waals surface area contributed by atoms with Gasteiger partial charge in [0.2, 0.25) is 0 Å². The van der Waals surface area contributed by atoms with Crippen molar-refractivity contribution in [1.29, 1.82) is 0 Å². The molecule has 2 rings (SSSR count). The predicted molar refractivity (Wildman–Crippen MR) is 94.9 cm³/mol. The van der Waals surface area contributed by atoms with E-state index in [1.54, 1.807) is 0 Å². The van der Waals surface area contributed by atoms with Crippen LogP contribution < -0.4 is 34.8 Å². The summed E-state index contributed by atoms with van der Waals surface area (Å²) in [5, 5.41) is 40.7. The van der Waals surface area contributed by atoms with Gasteiger partial charge in [-0.15, -0.1) is 0 Å². The third kappa shape index (κ3) is 11.8. The normalized spacial score (nSPS) is 7.72. The topological polar surface area (TPSA) is 307 Å². The standard InChI is InChI=1S/2C7H5NO4.Cu.4H3N/c2*9-7(10)5-1-3-6(4-2-5)8(11)12;;;;;/h2*1-4H,(H,9,10);;4*1H3/q;;+2;;;;/p-2. The number of nitro groups is 2. The van der Waals surface area contributed by atoms with Gasteiger partial charge in [-0.25, -0.2) is 0 Å². The van der Waals surface area contributed by atoms with Gasteiger partial charge in [-0.05, 0) is 35.4 Å². The van der Waals surface area contributed by atoms with Crippen molar-refractivity contribution in [3.8, 4) is 0 Å². The minimum Gasteiger partial charge on any atom is -0.545 e. The maximum absolute atomic E-state index is 10.2. The number of hydrogen-bond donors (Lipinski definition) is 4. The van der Waals surface area contributed by atoms with Crippen molar-refractivity contribution in [2.75, 3.05) is 0 Å². The molecule has 0 aliphatic carbocycles. The van der Waals surface area contributed by atoms with Crippen LogP contribution in [0.3, 0.4) is 0 Å². The second kappa shape index (κ2) is 16.7. The van der Waals surface area contributed by atoms with Gasteiger partial charge in [0.25, 0.3) is 11.4 Å². The van der Waals surface area contributed by atoms with E-state index >= 15 is 0 Å². The monoisotopic (exact) mass is 463 g/mol. The van der Waals surface area contributed by atoms with E-state index in [4.69, 9.17) is 0 Å². The van der Waals surface area contributed by atoms with Gasteiger partial charge in [-0.1, -0.05) is 0 Å². The molecule has 0 saturated heterocycles. The second-order valence-corrected chi connectivity index (χ2v) is 4.18. The number of nitro benzene ring substituents is 2. The molecule has 2 aromatic rings. The molecule has 15 heteroatoms. The first-order chi connectivity index (χ1) is 11.2. The maximum atomic E-state index is 10.2. The molecule has 0 bridgehead atoms. The summed E-state index contributed by atoms with van der Waals surface area (Å²) < 4.78 is 0. The van der Waals surface area contributed by atoms with E-state index in [0.717, 1.165) is 48.5 Å². The Kier molecular flexibility index (Phi) is 21.0. The molecule has 12 N–H and O–H groups in total. The summed E-state index contributed by atoms with van der Waals surface area (Å²) in [5.41, 5.74) is -0.416. The number of carboxylic acid groups (broad SMARTS) is 2. The fourth-order valence-electron chi connectivity index (χ4n) is 1.44. The van der Waals surface area contributed by atoms with Gasteiger partial charge in [0.15, 0.2) is 0 Å². The van der Waals surface area contributed by atoms with Crippen LogP contribution in [0.15, 0.2) is 48.5 Å². The van der Waals surface area contributed by atoms with E-state index in [2.05, 4.69) is 0 Å². The average molecular weight is 464 g/mol. The Labute approximate surface area is 175 Å². The van der Waals surface area contributed by atoms with E-state index in [9.17, 15) is 40.0 Å². The van der Waals surface area contributed by atoms with Crippen LogP contribution in [0.4, 0.5) is 11.4 Å². The van der Waals surface area contributed by atoms with Gasteiger partial charge in [0.05, 0.1) is 21.8 Å². The van der Waals surface area contributed by atoms with Crippen LogP contribution in [0.25, 0.3) is 0 Å². The zero-order valence-electron chi connectivity index (χ0n) is 14.9. The molecule has 165 valence electrons. The van der Waals surface area contributed by atoms with Crippen molar-refractivity contribution in [3.05, 3.63) is 79.9 Å². The molecule has 0 saturated carbocycles. The van der Waals surface area contributed by atoms with Crippen molar-refractivity contribution in [2.45, 2.75) is 0 Å². The molecule has 0 aliphatic rings. The Morgan fingerprint density at radius 2 is 0.793 bits per heavy atom. The van der Waals surface area contributed by atoms with Gasteiger partial charge >= 0.3 is 17.1 Å². The molecule has 1 radical (unpaired) electrons. The Morgan fingerprint density at radius 1 is 0.586 bits per heavy atom. The summed E-state index contributed by atoms with van der Waals surface area (Å²) in [4.78, 5) is 39.5. The summed E-state index contributed by atoms with van der Waals surface area (Å²) in [5.74, 6) is -2.69. The number of nitrogens with zero attached hydrogens (tertiary/aromatic N) is 2. The number of carbonyl (C=O) groups is 2.